The summed E-state index contributed by atoms with van der Waals surface area (Å²) in [7, 11) is 0. The van der Waals surface area contributed by atoms with Crippen LogP contribution in [0, 0.1) is 12.8 Å². The summed E-state index contributed by atoms with van der Waals surface area (Å²) in [5, 5.41) is 1.37. The molecule has 1 heterocycles. The van der Waals surface area contributed by atoms with Crippen molar-refractivity contribution < 1.29 is 0 Å². The van der Waals surface area contributed by atoms with Crippen LogP contribution in [0.15, 0.2) is 24.4 Å². The molecule has 1 aromatic heterocycles. The van der Waals surface area contributed by atoms with Gasteiger partial charge in [0.25, 0.3) is 0 Å². The Balaban J connectivity index is 2.06. The van der Waals surface area contributed by atoms with Crippen LogP contribution in [0.25, 0.3) is 10.9 Å². The number of fused-ring (bicyclic) bond motifs is 1. The fourth-order valence-electron chi connectivity index (χ4n) is 3.40. The Morgan fingerprint density at radius 1 is 1.28 bits per heavy atom. The number of nitrogens with two attached hydrogens (primary N) is 1. The van der Waals surface area contributed by atoms with Gasteiger partial charge in [0.2, 0.25) is 0 Å². The lowest BCUT2D eigenvalue weighted by molar-refractivity contribution is 0.307. The van der Waals surface area contributed by atoms with Gasteiger partial charge in [0.15, 0.2) is 0 Å². The van der Waals surface area contributed by atoms with E-state index in [4.69, 9.17) is 5.73 Å². The van der Waals surface area contributed by atoms with Crippen LogP contribution in [0.3, 0.4) is 0 Å². The smallest absolute Gasteiger partial charge is 0.0486 e. The van der Waals surface area contributed by atoms with Crippen LogP contribution in [0.1, 0.15) is 43.2 Å². The van der Waals surface area contributed by atoms with Crippen molar-refractivity contribution in [2.75, 3.05) is 0 Å². The van der Waals surface area contributed by atoms with Crippen LogP contribution in [0.5, 0.6) is 0 Å². The van der Waals surface area contributed by atoms with E-state index in [0.717, 1.165) is 12.3 Å². The molecule has 0 radical (unpaired) electrons. The van der Waals surface area contributed by atoms with Crippen molar-refractivity contribution in [3.8, 4) is 0 Å². The minimum atomic E-state index is 0.320. The normalized spacial score (nSPS) is 28.7. The molecule has 1 aromatic carbocycles. The van der Waals surface area contributed by atoms with Crippen LogP contribution in [0.2, 0.25) is 0 Å². The maximum absolute atomic E-state index is 6.35. The predicted molar refractivity (Wildman–Crippen MR) is 76.8 cm³/mol. The van der Waals surface area contributed by atoms with Gasteiger partial charge in [-0.1, -0.05) is 25.1 Å². The second-order valence-corrected chi connectivity index (χ2v) is 5.93. The molecule has 2 heteroatoms. The maximum Gasteiger partial charge on any atom is 0.0486 e. The van der Waals surface area contributed by atoms with E-state index in [-0.39, 0.29) is 0 Å². The fourth-order valence-corrected chi connectivity index (χ4v) is 3.40. The molecule has 3 rings (SSSR count). The van der Waals surface area contributed by atoms with Gasteiger partial charge in [-0.05, 0) is 43.2 Å². The van der Waals surface area contributed by atoms with E-state index in [1.165, 1.54) is 34.9 Å². The first-order chi connectivity index (χ1) is 8.66. The van der Waals surface area contributed by atoms with Crippen molar-refractivity contribution in [3.63, 3.8) is 0 Å². The molecule has 1 aliphatic carbocycles. The molecule has 1 fully saturated rings. The van der Waals surface area contributed by atoms with Crippen LogP contribution in [-0.2, 0) is 0 Å². The molecule has 0 aliphatic heterocycles. The zero-order valence-corrected chi connectivity index (χ0v) is 11.2. The van der Waals surface area contributed by atoms with Crippen molar-refractivity contribution in [3.05, 3.63) is 35.5 Å². The lowest BCUT2D eigenvalue weighted by atomic mass is 9.76. The number of hydrogen-bond acceptors (Lipinski definition) is 1. The molecule has 2 aromatic rings. The lowest BCUT2D eigenvalue weighted by Gasteiger charge is -2.32. The Bertz CT molecular complexity index is 555. The summed E-state index contributed by atoms with van der Waals surface area (Å²) in [6.45, 7) is 4.50. The Morgan fingerprint density at radius 2 is 2.11 bits per heavy atom. The highest BCUT2D eigenvalue weighted by Crippen LogP contribution is 2.38. The molecule has 0 spiro atoms. The number of H-pyrrole nitrogens is 1. The van der Waals surface area contributed by atoms with E-state index in [1.807, 2.05) is 0 Å². The summed E-state index contributed by atoms with van der Waals surface area (Å²) in [5.74, 6) is 1.31. The number of aromatic amines is 1. The number of para-hydroxylation sites is 1. The molecular formula is C16H22N2. The van der Waals surface area contributed by atoms with E-state index in [1.54, 1.807) is 0 Å². The van der Waals surface area contributed by atoms with Gasteiger partial charge in [-0.15, -0.1) is 0 Å². The SMILES string of the molecule is Cc1cccc2c(C3CC(C)CCC3N)c[nH]c12. The zero-order chi connectivity index (χ0) is 12.7. The van der Waals surface area contributed by atoms with Gasteiger partial charge in [0, 0.05) is 29.1 Å². The van der Waals surface area contributed by atoms with E-state index < -0.39 is 0 Å². The number of rotatable bonds is 1. The molecule has 1 aliphatic rings. The van der Waals surface area contributed by atoms with Crippen molar-refractivity contribution in [2.45, 2.75) is 45.1 Å². The first kappa shape index (κ1) is 11.8. The monoisotopic (exact) mass is 242 g/mol. The predicted octanol–water partition coefficient (Wildman–Crippen LogP) is 3.71. The summed E-state index contributed by atoms with van der Waals surface area (Å²) < 4.78 is 0. The molecule has 3 unspecified atom stereocenters. The van der Waals surface area contributed by atoms with Crippen molar-refractivity contribution in [2.24, 2.45) is 11.7 Å². The Labute approximate surface area is 109 Å². The van der Waals surface area contributed by atoms with Crippen LogP contribution in [0.4, 0.5) is 0 Å². The number of benzene rings is 1. The Morgan fingerprint density at radius 3 is 2.94 bits per heavy atom. The van der Waals surface area contributed by atoms with Crippen LogP contribution in [-0.4, -0.2) is 11.0 Å². The fraction of sp³-hybridized carbons (Fsp3) is 0.500. The van der Waals surface area contributed by atoms with Gasteiger partial charge in [0.1, 0.15) is 0 Å². The second-order valence-electron chi connectivity index (χ2n) is 5.93. The molecule has 18 heavy (non-hydrogen) atoms. The largest absolute Gasteiger partial charge is 0.361 e. The van der Waals surface area contributed by atoms with E-state index >= 15 is 0 Å². The third kappa shape index (κ3) is 1.85. The summed E-state index contributed by atoms with van der Waals surface area (Å²) in [6.07, 6.45) is 5.84. The standard InChI is InChI=1S/C16H22N2/c1-10-6-7-15(17)13(8-10)14-9-18-16-11(2)4-3-5-12(14)16/h3-5,9-10,13,15,18H,6-8,17H2,1-2H3. The van der Waals surface area contributed by atoms with Crippen LogP contribution >= 0.6 is 0 Å². The summed E-state index contributed by atoms with van der Waals surface area (Å²) in [4.78, 5) is 3.43. The van der Waals surface area contributed by atoms with Crippen LogP contribution < -0.4 is 5.73 Å². The first-order valence-electron chi connectivity index (χ1n) is 6.99. The zero-order valence-electron chi connectivity index (χ0n) is 11.2. The van der Waals surface area contributed by atoms with Gasteiger partial charge in [0.05, 0.1) is 0 Å². The first-order valence-corrected chi connectivity index (χ1v) is 6.99. The summed E-state index contributed by atoms with van der Waals surface area (Å²) >= 11 is 0. The van der Waals surface area contributed by atoms with Gasteiger partial charge in [-0.3, -0.25) is 0 Å². The van der Waals surface area contributed by atoms with Crippen molar-refractivity contribution >= 4 is 10.9 Å². The summed E-state index contributed by atoms with van der Waals surface area (Å²) in [5.41, 5.74) is 10.4. The highest BCUT2D eigenvalue weighted by atomic mass is 14.7. The third-order valence-corrected chi connectivity index (χ3v) is 4.52. The minimum Gasteiger partial charge on any atom is -0.361 e. The Hall–Kier alpha value is -1.28. The molecular weight excluding hydrogens is 220 g/mol. The van der Waals surface area contributed by atoms with E-state index in [9.17, 15) is 0 Å². The minimum absolute atomic E-state index is 0.320. The molecule has 0 bridgehead atoms. The van der Waals surface area contributed by atoms with Crippen molar-refractivity contribution in [1.29, 1.82) is 0 Å². The van der Waals surface area contributed by atoms with Gasteiger partial charge < -0.3 is 10.7 Å². The van der Waals surface area contributed by atoms with Gasteiger partial charge >= 0.3 is 0 Å². The number of aromatic nitrogens is 1. The molecule has 3 atom stereocenters. The Kier molecular flexibility index (Phi) is 2.90. The van der Waals surface area contributed by atoms with E-state index in [0.29, 0.717) is 12.0 Å². The number of nitrogens with one attached hydrogen (secondary N) is 1. The molecule has 0 saturated heterocycles. The molecule has 2 nitrogen and oxygen atoms in total. The molecule has 0 amide bonds. The van der Waals surface area contributed by atoms with E-state index in [2.05, 4.69) is 43.2 Å². The summed E-state index contributed by atoms with van der Waals surface area (Å²) in [6, 6.07) is 6.85. The maximum atomic E-state index is 6.35. The van der Waals surface area contributed by atoms with Crippen molar-refractivity contribution in [1.82, 2.24) is 4.98 Å². The van der Waals surface area contributed by atoms with Gasteiger partial charge in [-0.2, -0.15) is 0 Å². The third-order valence-electron chi connectivity index (χ3n) is 4.52. The topological polar surface area (TPSA) is 41.8 Å². The molecule has 96 valence electrons. The quantitative estimate of drug-likeness (QED) is 0.786. The number of hydrogen-bond donors (Lipinski definition) is 2. The molecule has 1 saturated carbocycles. The lowest BCUT2D eigenvalue weighted by Crippen LogP contribution is -2.33. The highest BCUT2D eigenvalue weighted by molar-refractivity contribution is 5.86. The average molecular weight is 242 g/mol. The second kappa shape index (κ2) is 4.43. The molecule has 3 N–H and O–H groups in total. The van der Waals surface area contributed by atoms with Gasteiger partial charge in [-0.25, -0.2) is 0 Å². The highest BCUT2D eigenvalue weighted by Gasteiger charge is 2.28. The average Bonchev–Trinajstić information content (AvgIpc) is 2.77. The number of aryl methyl sites for hydroxylation is 1.